The zero-order valence-electron chi connectivity index (χ0n) is 11.2. The number of aliphatic imine (C=N–C) groups is 1. The Hall–Kier alpha value is -1.73. The SMILES string of the molecule is CNC1=NC(N)(c2cc(Br)c3c(c2)OCO3)NC(C)=C1. The van der Waals surface area contributed by atoms with Crippen LogP contribution in [0.5, 0.6) is 11.5 Å². The predicted molar refractivity (Wildman–Crippen MR) is 79.5 cm³/mol. The molecule has 0 aliphatic carbocycles. The average molecular weight is 339 g/mol. The van der Waals surface area contributed by atoms with Gasteiger partial charge in [-0.15, -0.1) is 0 Å². The Bertz CT molecular complexity index is 629. The van der Waals surface area contributed by atoms with Crippen molar-refractivity contribution in [1.82, 2.24) is 10.6 Å². The average Bonchev–Trinajstić information content (AvgIpc) is 2.86. The highest BCUT2D eigenvalue weighted by atomic mass is 79.9. The summed E-state index contributed by atoms with van der Waals surface area (Å²) in [6, 6.07) is 3.73. The van der Waals surface area contributed by atoms with Gasteiger partial charge in [0, 0.05) is 18.3 Å². The molecule has 2 aliphatic rings. The van der Waals surface area contributed by atoms with Crippen molar-refractivity contribution >= 4 is 21.8 Å². The second-order valence-corrected chi connectivity index (χ2v) is 5.51. The van der Waals surface area contributed by atoms with Crippen molar-refractivity contribution in [2.45, 2.75) is 12.7 Å². The summed E-state index contributed by atoms with van der Waals surface area (Å²) in [6.45, 7) is 2.15. The molecule has 1 unspecified atom stereocenters. The van der Waals surface area contributed by atoms with Gasteiger partial charge in [0.25, 0.3) is 0 Å². The van der Waals surface area contributed by atoms with Crippen molar-refractivity contribution < 1.29 is 9.47 Å². The number of nitrogens with two attached hydrogens (primary N) is 1. The monoisotopic (exact) mass is 338 g/mol. The number of benzene rings is 1. The highest BCUT2D eigenvalue weighted by Crippen LogP contribution is 2.42. The topological polar surface area (TPSA) is 80.9 Å². The number of hydrogen-bond donors (Lipinski definition) is 3. The maximum absolute atomic E-state index is 6.40. The quantitative estimate of drug-likeness (QED) is 0.720. The maximum Gasteiger partial charge on any atom is 0.231 e. The third-order valence-corrected chi connectivity index (χ3v) is 3.75. The second-order valence-electron chi connectivity index (χ2n) is 4.66. The van der Waals surface area contributed by atoms with Crippen LogP contribution in [0.2, 0.25) is 0 Å². The molecule has 1 atom stereocenters. The summed E-state index contributed by atoms with van der Waals surface area (Å²) in [5.74, 6) is 1.03. The Morgan fingerprint density at radius 3 is 3.00 bits per heavy atom. The van der Waals surface area contributed by atoms with Gasteiger partial charge in [-0.25, -0.2) is 4.99 Å². The number of amidine groups is 1. The van der Waals surface area contributed by atoms with Crippen LogP contribution >= 0.6 is 15.9 Å². The molecule has 0 fully saturated rings. The summed E-state index contributed by atoms with van der Waals surface area (Å²) in [5.41, 5.74) is 8.12. The zero-order chi connectivity index (χ0) is 14.3. The van der Waals surface area contributed by atoms with Crippen LogP contribution in [-0.2, 0) is 5.79 Å². The highest BCUT2D eigenvalue weighted by Gasteiger charge is 2.32. The van der Waals surface area contributed by atoms with Gasteiger partial charge in [0.15, 0.2) is 11.5 Å². The van der Waals surface area contributed by atoms with E-state index in [9.17, 15) is 0 Å². The Morgan fingerprint density at radius 1 is 1.45 bits per heavy atom. The van der Waals surface area contributed by atoms with Gasteiger partial charge in [-0.05, 0) is 41.1 Å². The first-order valence-corrected chi connectivity index (χ1v) is 6.94. The summed E-state index contributed by atoms with van der Waals surface area (Å²) in [7, 11) is 1.81. The Kier molecular flexibility index (Phi) is 3.10. The number of rotatable bonds is 1. The van der Waals surface area contributed by atoms with Gasteiger partial charge >= 0.3 is 0 Å². The predicted octanol–water partition coefficient (Wildman–Crippen LogP) is 1.37. The van der Waals surface area contributed by atoms with E-state index in [2.05, 4.69) is 31.6 Å². The molecular formula is C13H15BrN4O2. The van der Waals surface area contributed by atoms with Crippen LogP contribution in [0, 0.1) is 0 Å². The third-order valence-electron chi connectivity index (χ3n) is 3.16. The normalized spacial score (nSPS) is 23.8. The zero-order valence-corrected chi connectivity index (χ0v) is 12.7. The summed E-state index contributed by atoms with van der Waals surface area (Å²) in [4.78, 5) is 4.50. The molecule has 2 aliphatic heterocycles. The van der Waals surface area contributed by atoms with E-state index in [-0.39, 0.29) is 6.79 Å². The fraction of sp³-hybridized carbons (Fsp3) is 0.308. The largest absolute Gasteiger partial charge is 0.454 e. The van der Waals surface area contributed by atoms with Crippen LogP contribution in [0.15, 0.2) is 33.4 Å². The van der Waals surface area contributed by atoms with E-state index in [1.807, 2.05) is 32.2 Å². The van der Waals surface area contributed by atoms with Crippen molar-refractivity contribution in [2.75, 3.05) is 13.8 Å². The second kappa shape index (κ2) is 4.68. The smallest absolute Gasteiger partial charge is 0.231 e. The van der Waals surface area contributed by atoms with E-state index in [1.54, 1.807) is 0 Å². The lowest BCUT2D eigenvalue weighted by molar-refractivity contribution is 0.173. The lowest BCUT2D eigenvalue weighted by Gasteiger charge is -2.32. The van der Waals surface area contributed by atoms with E-state index in [0.717, 1.165) is 21.6 Å². The van der Waals surface area contributed by atoms with Crippen LogP contribution in [0.4, 0.5) is 0 Å². The standard InChI is InChI=1S/C13H15BrN4O2/c1-7-3-11(16-2)18-13(15,17-7)8-4-9(14)12-10(5-8)19-6-20-12/h3-5,17H,6,15H2,1-2H3,(H,16,18). The van der Waals surface area contributed by atoms with Gasteiger partial charge in [-0.3, -0.25) is 5.73 Å². The molecule has 0 saturated heterocycles. The molecule has 106 valence electrons. The molecule has 0 bridgehead atoms. The number of likely N-dealkylation sites (N-methyl/N-ethyl adjacent to an activating group) is 1. The van der Waals surface area contributed by atoms with Gasteiger partial charge < -0.3 is 20.1 Å². The molecule has 0 amide bonds. The molecule has 0 aromatic heterocycles. The first-order chi connectivity index (χ1) is 9.51. The maximum atomic E-state index is 6.40. The van der Waals surface area contributed by atoms with E-state index < -0.39 is 5.79 Å². The van der Waals surface area contributed by atoms with Crippen LogP contribution in [0.3, 0.4) is 0 Å². The number of hydrogen-bond acceptors (Lipinski definition) is 6. The van der Waals surface area contributed by atoms with Gasteiger partial charge in [0.1, 0.15) is 5.84 Å². The molecular weight excluding hydrogens is 324 g/mol. The molecule has 7 heteroatoms. The highest BCUT2D eigenvalue weighted by molar-refractivity contribution is 9.10. The lowest BCUT2D eigenvalue weighted by atomic mass is 10.1. The Balaban J connectivity index is 2.07. The first kappa shape index (κ1) is 13.3. The fourth-order valence-electron chi connectivity index (χ4n) is 2.24. The number of fused-ring (bicyclic) bond motifs is 1. The number of nitrogens with zero attached hydrogens (tertiary/aromatic N) is 1. The third kappa shape index (κ3) is 2.12. The van der Waals surface area contributed by atoms with Gasteiger partial charge in [0.05, 0.1) is 4.47 Å². The lowest BCUT2D eigenvalue weighted by Crippen LogP contribution is -2.51. The van der Waals surface area contributed by atoms with Crippen molar-refractivity contribution in [3.8, 4) is 11.5 Å². The fourth-order valence-corrected chi connectivity index (χ4v) is 2.80. The number of halogens is 1. The minimum atomic E-state index is -1.04. The van der Waals surface area contributed by atoms with Gasteiger partial charge in [0.2, 0.25) is 12.6 Å². The summed E-state index contributed by atoms with van der Waals surface area (Å²) >= 11 is 3.47. The summed E-state index contributed by atoms with van der Waals surface area (Å²) in [6.07, 6.45) is 1.90. The summed E-state index contributed by atoms with van der Waals surface area (Å²) in [5, 5.41) is 6.20. The van der Waals surface area contributed by atoms with Crippen molar-refractivity contribution in [3.05, 3.63) is 33.9 Å². The Morgan fingerprint density at radius 2 is 2.25 bits per heavy atom. The van der Waals surface area contributed by atoms with E-state index >= 15 is 0 Å². The molecule has 6 nitrogen and oxygen atoms in total. The Labute approximate surface area is 125 Å². The minimum absolute atomic E-state index is 0.215. The molecule has 0 radical (unpaired) electrons. The molecule has 2 heterocycles. The van der Waals surface area contributed by atoms with Crippen LogP contribution in [-0.4, -0.2) is 19.7 Å². The molecule has 20 heavy (non-hydrogen) atoms. The van der Waals surface area contributed by atoms with Crippen molar-refractivity contribution in [1.29, 1.82) is 0 Å². The number of allylic oxidation sites excluding steroid dienone is 1. The van der Waals surface area contributed by atoms with Crippen LogP contribution < -0.4 is 25.8 Å². The van der Waals surface area contributed by atoms with Crippen LogP contribution in [0.25, 0.3) is 0 Å². The van der Waals surface area contributed by atoms with E-state index in [1.165, 1.54) is 0 Å². The summed E-state index contributed by atoms with van der Waals surface area (Å²) < 4.78 is 11.6. The van der Waals surface area contributed by atoms with Crippen molar-refractivity contribution in [2.24, 2.45) is 10.7 Å². The molecule has 0 spiro atoms. The molecule has 1 aromatic rings. The number of ether oxygens (including phenoxy) is 2. The number of nitrogens with one attached hydrogen (secondary N) is 2. The molecule has 3 rings (SSSR count). The van der Waals surface area contributed by atoms with Crippen LogP contribution in [0.1, 0.15) is 12.5 Å². The first-order valence-electron chi connectivity index (χ1n) is 6.14. The van der Waals surface area contributed by atoms with E-state index in [0.29, 0.717) is 11.5 Å². The minimum Gasteiger partial charge on any atom is -0.454 e. The molecule has 1 aromatic carbocycles. The molecule has 4 N–H and O–H groups in total. The van der Waals surface area contributed by atoms with Gasteiger partial charge in [-0.2, -0.15) is 0 Å². The van der Waals surface area contributed by atoms with Gasteiger partial charge in [-0.1, -0.05) is 0 Å². The van der Waals surface area contributed by atoms with Crippen molar-refractivity contribution in [3.63, 3.8) is 0 Å². The van der Waals surface area contributed by atoms with E-state index in [4.69, 9.17) is 15.2 Å². The molecule has 0 saturated carbocycles.